The number of allylic oxidation sites excluding steroid dienone is 4. The number of carbonyl (C=O) groups excluding carboxylic acids is 3. The Morgan fingerprint density at radius 2 is 1.51 bits per heavy atom. The van der Waals surface area contributed by atoms with E-state index in [1.165, 1.54) is 18.9 Å². The summed E-state index contributed by atoms with van der Waals surface area (Å²) in [6, 6.07) is 5.58. The second-order valence-corrected chi connectivity index (χ2v) is 9.47. The lowest BCUT2D eigenvalue weighted by Crippen LogP contribution is -2.14. The largest absolute Gasteiger partial charge is 0.508 e. The number of terminal acetylenes is 1. The molecule has 1 aromatic rings. The van der Waals surface area contributed by atoms with E-state index in [2.05, 4.69) is 45.8 Å². The van der Waals surface area contributed by atoms with Gasteiger partial charge < -0.3 is 14.7 Å². The molecule has 0 bridgehead atoms. The molecule has 4 nitrogen and oxygen atoms in total. The second kappa shape index (κ2) is 31.3. The average molecular weight is 543 g/mol. The van der Waals surface area contributed by atoms with E-state index in [-0.39, 0.29) is 23.3 Å². The maximum atomic E-state index is 11.8. The summed E-state index contributed by atoms with van der Waals surface area (Å²) in [5, 5.41) is 9.76. The van der Waals surface area contributed by atoms with Gasteiger partial charge in [-0.25, -0.2) is 0 Å². The fraction of sp³-hybridized carbons (Fsp3) is 0.571. The van der Waals surface area contributed by atoms with Crippen molar-refractivity contribution in [1.82, 2.24) is 0 Å². The number of aryl methyl sites for hydroxylation is 2. The highest BCUT2D eigenvalue weighted by atomic mass is 16.3. The van der Waals surface area contributed by atoms with Crippen molar-refractivity contribution in [3.63, 3.8) is 0 Å². The summed E-state index contributed by atoms with van der Waals surface area (Å²) < 4.78 is 0. The number of hydrogen-bond acceptors (Lipinski definition) is 4. The van der Waals surface area contributed by atoms with Gasteiger partial charge in [-0.15, -0.1) is 12.3 Å². The normalized spacial score (nSPS) is 10.6. The van der Waals surface area contributed by atoms with E-state index < -0.39 is 0 Å². The predicted octanol–water partition coefficient (Wildman–Crippen LogP) is 9.56. The molecule has 1 unspecified atom stereocenters. The molecule has 4 heteroatoms. The van der Waals surface area contributed by atoms with Crippen LogP contribution in [0, 0.1) is 25.2 Å². The molecule has 222 valence electrons. The lowest BCUT2D eigenvalue weighted by molar-refractivity contribution is -0.126. The zero-order chi connectivity index (χ0) is 31.2. The zero-order valence-corrected chi connectivity index (χ0v) is 26.9. The van der Waals surface area contributed by atoms with Gasteiger partial charge in [0.2, 0.25) is 0 Å². The summed E-state index contributed by atoms with van der Waals surface area (Å²) >= 11 is 0. The van der Waals surface area contributed by atoms with Crippen molar-refractivity contribution in [3.8, 4) is 18.1 Å². The monoisotopic (exact) mass is 542 g/mol. The molecular weight excluding hydrogens is 484 g/mol. The van der Waals surface area contributed by atoms with E-state index in [0.717, 1.165) is 24.0 Å². The van der Waals surface area contributed by atoms with Crippen molar-refractivity contribution < 1.29 is 19.5 Å². The van der Waals surface area contributed by atoms with Crippen LogP contribution in [0.2, 0.25) is 0 Å². The summed E-state index contributed by atoms with van der Waals surface area (Å²) in [6.07, 6.45) is 17.1. The highest BCUT2D eigenvalue weighted by molar-refractivity contribution is 5.86. The molecule has 0 saturated carbocycles. The Labute approximate surface area is 241 Å². The third-order valence-corrected chi connectivity index (χ3v) is 5.09. The first kappa shape index (κ1) is 43.1. The maximum absolute atomic E-state index is 11.8. The van der Waals surface area contributed by atoms with Crippen molar-refractivity contribution in [2.24, 2.45) is 5.92 Å². The Morgan fingerprint density at radius 1 is 1.00 bits per heavy atom. The van der Waals surface area contributed by atoms with Crippen LogP contribution >= 0.6 is 0 Å². The molecule has 0 radical (unpaired) electrons. The third-order valence-electron chi connectivity index (χ3n) is 5.09. The molecular formula is C35H58O4. The molecule has 0 amide bonds. The van der Waals surface area contributed by atoms with Crippen LogP contribution in [0.4, 0.5) is 0 Å². The number of Topliss-reactive ketones (excluding diaryl/α,β-unsaturated/α-hetero) is 3. The molecule has 0 aromatic heterocycles. The molecule has 1 aromatic carbocycles. The average Bonchev–Trinajstić information content (AvgIpc) is 2.89. The Kier molecular flexibility index (Phi) is 34.6. The van der Waals surface area contributed by atoms with E-state index in [1.807, 2.05) is 45.9 Å². The van der Waals surface area contributed by atoms with Crippen molar-refractivity contribution in [1.29, 1.82) is 0 Å². The first-order chi connectivity index (χ1) is 18.3. The summed E-state index contributed by atoms with van der Waals surface area (Å²) in [4.78, 5) is 32.6. The lowest BCUT2D eigenvalue weighted by atomic mass is 9.95. The quantitative estimate of drug-likeness (QED) is 0.236. The van der Waals surface area contributed by atoms with Gasteiger partial charge in [0.05, 0.1) is 0 Å². The van der Waals surface area contributed by atoms with Crippen LogP contribution in [0.1, 0.15) is 125 Å². The number of benzene rings is 1. The Balaban J connectivity index is -0.000000251. The Bertz CT molecular complexity index is 869. The minimum absolute atomic E-state index is 0.0528. The number of phenols is 1. The van der Waals surface area contributed by atoms with E-state index >= 15 is 0 Å². The van der Waals surface area contributed by atoms with Crippen LogP contribution in [0.3, 0.4) is 0 Å². The van der Waals surface area contributed by atoms with Crippen LogP contribution in [0.25, 0.3) is 0 Å². The number of aromatic hydroxyl groups is 1. The summed E-state index contributed by atoms with van der Waals surface area (Å²) in [7, 11) is 0. The van der Waals surface area contributed by atoms with Gasteiger partial charge in [0.1, 0.15) is 23.1 Å². The molecule has 0 aliphatic rings. The van der Waals surface area contributed by atoms with Gasteiger partial charge in [-0.1, -0.05) is 83.9 Å². The van der Waals surface area contributed by atoms with Gasteiger partial charge in [-0.05, 0) is 71.1 Å². The molecule has 39 heavy (non-hydrogen) atoms. The Hall–Kier alpha value is -2.93. The number of carbonyl (C=O) groups is 3. The van der Waals surface area contributed by atoms with Gasteiger partial charge in [0.25, 0.3) is 0 Å². The lowest BCUT2D eigenvalue weighted by Gasteiger charge is -2.09. The van der Waals surface area contributed by atoms with Crippen LogP contribution in [-0.2, 0) is 20.8 Å². The summed E-state index contributed by atoms with van der Waals surface area (Å²) in [5.41, 5.74) is 3.33. The predicted molar refractivity (Wildman–Crippen MR) is 170 cm³/mol. The van der Waals surface area contributed by atoms with E-state index in [0.29, 0.717) is 37.9 Å². The molecule has 0 heterocycles. The standard InChI is InChI=1S/C16H22O3.C8H14.C4H8O.C4H6.C3H8/c1-11-7-8-14(16(19)9-11)5-4-6-15(18)12(2)10-13(3)17;1-4-6-7-8(3)5-2;1-3-4(2)5;1-3-4-2;1-3-2/h7-9,12,19H,4-6,10H2,1-3H3;4,6-7H,5H2,1-3H3;3H2,1-2H3;1H,4H2,2H3;3H2,1-2H3/b;6-4-,8-7+;;;. The molecule has 0 fully saturated rings. The van der Waals surface area contributed by atoms with Crippen molar-refractivity contribution >= 4 is 17.3 Å². The van der Waals surface area contributed by atoms with Crippen LogP contribution in [-0.4, -0.2) is 22.5 Å². The topological polar surface area (TPSA) is 71.4 Å². The highest BCUT2D eigenvalue weighted by Crippen LogP contribution is 2.21. The minimum atomic E-state index is -0.191. The molecule has 0 spiro atoms. The molecule has 1 atom stereocenters. The third kappa shape index (κ3) is 35.1. The fourth-order valence-electron chi connectivity index (χ4n) is 2.51. The van der Waals surface area contributed by atoms with Crippen LogP contribution in [0.15, 0.2) is 42.0 Å². The van der Waals surface area contributed by atoms with Gasteiger partial charge in [-0.2, -0.15) is 0 Å². The fourth-order valence-corrected chi connectivity index (χ4v) is 2.51. The van der Waals surface area contributed by atoms with Crippen LogP contribution < -0.4 is 0 Å². The van der Waals surface area contributed by atoms with Gasteiger partial charge in [0, 0.05) is 31.6 Å². The SMILES string of the molecule is C#CCC.C/C=C\C=C(/C)CC.CC(=O)CC(C)C(=O)CCCc1ccc(C)cc1O.CCC.CCC(C)=O. The van der Waals surface area contributed by atoms with Crippen molar-refractivity contribution in [2.45, 2.75) is 128 Å². The van der Waals surface area contributed by atoms with E-state index in [1.54, 1.807) is 19.9 Å². The minimum Gasteiger partial charge on any atom is -0.508 e. The zero-order valence-electron chi connectivity index (χ0n) is 26.9. The van der Waals surface area contributed by atoms with Crippen molar-refractivity contribution in [2.75, 3.05) is 0 Å². The number of rotatable bonds is 10. The molecule has 0 aliphatic heterocycles. The molecule has 0 aliphatic carbocycles. The van der Waals surface area contributed by atoms with E-state index in [4.69, 9.17) is 6.42 Å². The first-order valence-corrected chi connectivity index (χ1v) is 14.3. The van der Waals surface area contributed by atoms with Crippen molar-refractivity contribution in [3.05, 3.63) is 53.1 Å². The Morgan fingerprint density at radius 3 is 1.87 bits per heavy atom. The number of phenolic OH excluding ortho intramolecular Hbond substituents is 1. The second-order valence-electron chi connectivity index (χ2n) is 9.47. The highest BCUT2D eigenvalue weighted by Gasteiger charge is 2.14. The number of ketones is 3. The molecule has 1 N–H and O–H groups in total. The maximum Gasteiger partial charge on any atom is 0.136 e. The van der Waals surface area contributed by atoms with E-state index in [9.17, 15) is 19.5 Å². The van der Waals surface area contributed by atoms with Crippen LogP contribution in [0.5, 0.6) is 5.75 Å². The smallest absolute Gasteiger partial charge is 0.136 e. The first-order valence-electron chi connectivity index (χ1n) is 14.3. The molecule has 0 saturated heterocycles. The summed E-state index contributed by atoms with van der Waals surface area (Å²) in [6.45, 7) is 21.2. The van der Waals surface area contributed by atoms with Gasteiger partial charge in [0.15, 0.2) is 0 Å². The molecule has 1 rings (SSSR count). The van der Waals surface area contributed by atoms with Gasteiger partial charge in [-0.3, -0.25) is 4.79 Å². The number of hydrogen-bond donors (Lipinski definition) is 1. The van der Waals surface area contributed by atoms with Gasteiger partial charge >= 0.3 is 0 Å². The summed E-state index contributed by atoms with van der Waals surface area (Å²) in [5.74, 6) is 2.97.